The number of aromatic nitrogens is 2. The summed E-state index contributed by atoms with van der Waals surface area (Å²) in [5, 5.41) is 2.43. The van der Waals surface area contributed by atoms with E-state index in [1.54, 1.807) is 7.11 Å². The summed E-state index contributed by atoms with van der Waals surface area (Å²) in [5.74, 6) is 0.281. The van der Waals surface area contributed by atoms with E-state index in [9.17, 15) is 13.2 Å². The van der Waals surface area contributed by atoms with Gasteiger partial charge in [-0.2, -0.15) is 0 Å². The molecule has 1 N–H and O–H groups in total. The average molecular weight is 324 g/mol. The maximum atomic E-state index is 11.7. The molecule has 114 valence electrons. The zero-order valence-electron chi connectivity index (χ0n) is 11.4. The number of rotatable bonds is 8. The Morgan fingerprint density at radius 1 is 1.55 bits per heavy atom. The monoisotopic (exact) mass is 323 g/mol. The Kier molecular flexibility index (Phi) is 6.44. The first-order valence-electron chi connectivity index (χ1n) is 6.14. The van der Waals surface area contributed by atoms with E-state index in [-0.39, 0.29) is 17.5 Å². The molecule has 0 aliphatic rings. The molecule has 0 aromatic carbocycles. The van der Waals surface area contributed by atoms with Crippen LogP contribution >= 0.6 is 10.7 Å². The van der Waals surface area contributed by atoms with Crippen molar-refractivity contribution in [2.45, 2.75) is 31.3 Å². The van der Waals surface area contributed by atoms with Crippen molar-refractivity contribution in [3.63, 3.8) is 0 Å². The van der Waals surface area contributed by atoms with Crippen LogP contribution in [0.15, 0.2) is 11.2 Å². The number of nitrogens with zero attached hydrogens (tertiary/aromatic N) is 2. The molecule has 1 amide bonds. The molecule has 0 atom stereocenters. The molecule has 0 spiro atoms. The fourth-order valence-corrected chi connectivity index (χ4v) is 2.30. The van der Waals surface area contributed by atoms with Crippen molar-refractivity contribution in [3.8, 4) is 0 Å². The van der Waals surface area contributed by atoms with Gasteiger partial charge in [0.2, 0.25) is 5.91 Å². The number of carbonyl (C=O) groups is 1. The molecule has 0 fully saturated rings. The van der Waals surface area contributed by atoms with Crippen LogP contribution in [0.1, 0.15) is 19.2 Å². The summed E-state index contributed by atoms with van der Waals surface area (Å²) in [6.45, 7) is 2.75. The number of amides is 1. The molecule has 1 aromatic rings. The molecule has 9 heteroatoms. The third-order valence-corrected chi connectivity index (χ3v) is 3.67. The SMILES string of the molecule is CCCc1nc(S(=O)(=O)Cl)cn1CC(=O)NCCOC. The Morgan fingerprint density at radius 3 is 2.80 bits per heavy atom. The standard InChI is InChI=1S/C11H18ClN3O4S/c1-3-4-9-14-11(20(12,17)18)8-15(9)7-10(16)13-5-6-19-2/h8H,3-7H2,1-2H3,(H,13,16). The van der Waals surface area contributed by atoms with Gasteiger partial charge in [0, 0.05) is 37.0 Å². The minimum absolute atomic E-state index is 0.00153. The summed E-state index contributed by atoms with van der Waals surface area (Å²) >= 11 is 0. The van der Waals surface area contributed by atoms with Crippen molar-refractivity contribution in [3.05, 3.63) is 12.0 Å². The number of hydrogen-bond donors (Lipinski definition) is 1. The number of aryl methyl sites for hydroxylation is 1. The molecular formula is C11H18ClN3O4S. The predicted molar refractivity (Wildman–Crippen MR) is 74.1 cm³/mol. The largest absolute Gasteiger partial charge is 0.383 e. The van der Waals surface area contributed by atoms with E-state index in [0.29, 0.717) is 25.4 Å². The summed E-state index contributed by atoms with van der Waals surface area (Å²) in [5.41, 5.74) is 0. The van der Waals surface area contributed by atoms with Gasteiger partial charge in [-0.15, -0.1) is 0 Å². The number of ether oxygens (including phenoxy) is 1. The van der Waals surface area contributed by atoms with Crippen LogP contribution < -0.4 is 5.32 Å². The van der Waals surface area contributed by atoms with E-state index >= 15 is 0 Å². The lowest BCUT2D eigenvalue weighted by atomic mass is 10.3. The molecule has 0 aliphatic heterocycles. The zero-order valence-corrected chi connectivity index (χ0v) is 13.0. The topological polar surface area (TPSA) is 90.3 Å². The number of halogens is 1. The molecule has 0 aliphatic carbocycles. The minimum atomic E-state index is -3.89. The van der Waals surface area contributed by atoms with Gasteiger partial charge in [-0.25, -0.2) is 13.4 Å². The first kappa shape index (κ1) is 16.9. The highest BCUT2D eigenvalue weighted by Gasteiger charge is 2.18. The van der Waals surface area contributed by atoms with Crippen molar-refractivity contribution < 1.29 is 17.9 Å². The lowest BCUT2D eigenvalue weighted by Gasteiger charge is -2.07. The molecule has 0 saturated carbocycles. The highest BCUT2D eigenvalue weighted by molar-refractivity contribution is 8.13. The van der Waals surface area contributed by atoms with Crippen LogP contribution in [0.5, 0.6) is 0 Å². The predicted octanol–water partition coefficient (Wildman–Crippen LogP) is 0.526. The second kappa shape index (κ2) is 7.61. The van der Waals surface area contributed by atoms with Crippen LogP contribution in [0.3, 0.4) is 0 Å². The van der Waals surface area contributed by atoms with Gasteiger partial charge in [-0.05, 0) is 6.42 Å². The van der Waals surface area contributed by atoms with Crippen molar-refractivity contribution >= 4 is 25.6 Å². The number of imidazole rings is 1. The van der Waals surface area contributed by atoms with Crippen molar-refractivity contribution in [1.82, 2.24) is 14.9 Å². The average Bonchev–Trinajstić information content (AvgIpc) is 2.73. The molecule has 1 heterocycles. The maximum absolute atomic E-state index is 11.7. The van der Waals surface area contributed by atoms with Crippen LogP contribution in [0.25, 0.3) is 0 Å². The number of methoxy groups -OCH3 is 1. The Labute approximate surface area is 122 Å². The summed E-state index contributed by atoms with van der Waals surface area (Å²) in [4.78, 5) is 15.7. The fourth-order valence-electron chi connectivity index (χ4n) is 1.61. The van der Waals surface area contributed by atoms with Gasteiger partial charge < -0.3 is 14.6 Å². The molecule has 0 saturated heterocycles. The Morgan fingerprint density at radius 2 is 2.25 bits per heavy atom. The number of nitrogens with one attached hydrogen (secondary N) is 1. The Balaban J connectivity index is 2.82. The van der Waals surface area contributed by atoms with Crippen LogP contribution in [0, 0.1) is 0 Å². The second-order valence-corrected chi connectivity index (χ2v) is 6.67. The quantitative estimate of drug-likeness (QED) is 0.556. The van der Waals surface area contributed by atoms with E-state index in [0.717, 1.165) is 6.42 Å². The third-order valence-electron chi connectivity index (χ3n) is 2.50. The van der Waals surface area contributed by atoms with Crippen LogP contribution in [-0.2, 0) is 31.5 Å². The van der Waals surface area contributed by atoms with Gasteiger partial charge in [0.1, 0.15) is 12.4 Å². The summed E-state index contributed by atoms with van der Waals surface area (Å²) in [6.07, 6.45) is 2.63. The third kappa shape index (κ3) is 5.10. The van der Waals surface area contributed by atoms with E-state index in [1.165, 1.54) is 10.8 Å². The van der Waals surface area contributed by atoms with Gasteiger partial charge in [-0.3, -0.25) is 4.79 Å². The number of hydrogen-bond acceptors (Lipinski definition) is 5. The highest BCUT2D eigenvalue weighted by atomic mass is 35.7. The van der Waals surface area contributed by atoms with E-state index in [2.05, 4.69) is 10.3 Å². The van der Waals surface area contributed by atoms with Crippen molar-refractivity contribution in [2.24, 2.45) is 0 Å². The van der Waals surface area contributed by atoms with Crippen molar-refractivity contribution in [1.29, 1.82) is 0 Å². The molecular weight excluding hydrogens is 306 g/mol. The van der Waals surface area contributed by atoms with Crippen molar-refractivity contribution in [2.75, 3.05) is 20.3 Å². The lowest BCUT2D eigenvalue weighted by Crippen LogP contribution is -2.30. The molecule has 0 unspecified atom stereocenters. The fraction of sp³-hybridized carbons (Fsp3) is 0.636. The first-order chi connectivity index (χ1) is 9.38. The number of carbonyl (C=O) groups excluding carboxylic acids is 1. The van der Waals surface area contributed by atoms with Crippen LogP contribution in [-0.4, -0.2) is 44.1 Å². The lowest BCUT2D eigenvalue weighted by molar-refractivity contribution is -0.121. The van der Waals surface area contributed by atoms with E-state index in [1.807, 2.05) is 6.92 Å². The van der Waals surface area contributed by atoms with E-state index < -0.39 is 9.05 Å². The van der Waals surface area contributed by atoms with Crippen LogP contribution in [0.2, 0.25) is 0 Å². The van der Waals surface area contributed by atoms with Crippen LogP contribution in [0.4, 0.5) is 0 Å². The molecule has 7 nitrogen and oxygen atoms in total. The first-order valence-corrected chi connectivity index (χ1v) is 8.45. The van der Waals surface area contributed by atoms with Gasteiger partial charge in [0.05, 0.1) is 6.61 Å². The normalized spacial score (nSPS) is 11.6. The van der Waals surface area contributed by atoms with Gasteiger partial charge in [-0.1, -0.05) is 6.92 Å². The highest BCUT2D eigenvalue weighted by Crippen LogP contribution is 2.15. The van der Waals surface area contributed by atoms with Gasteiger partial charge in [0.15, 0.2) is 5.03 Å². The van der Waals surface area contributed by atoms with Gasteiger partial charge >= 0.3 is 0 Å². The zero-order chi connectivity index (χ0) is 15.2. The van der Waals surface area contributed by atoms with E-state index in [4.69, 9.17) is 15.4 Å². The smallest absolute Gasteiger partial charge is 0.280 e. The summed E-state index contributed by atoms with van der Waals surface area (Å²) in [7, 11) is 2.91. The summed E-state index contributed by atoms with van der Waals surface area (Å²) < 4.78 is 28.9. The summed E-state index contributed by atoms with van der Waals surface area (Å²) in [6, 6.07) is 0. The molecule has 0 radical (unpaired) electrons. The molecule has 1 rings (SSSR count). The maximum Gasteiger partial charge on any atom is 0.280 e. The second-order valence-electron chi connectivity index (χ2n) is 4.15. The Bertz CT molecular complexity index is 556. The molecule has 0 bridgehead atoms. The Hall–Kier alpha value is -1.12. The molecule has 1 aromatic heterocycles. The van der Waals surface area contributed by atoms with Gasteiger partial charge in [0.25, 0.3) is 9.05 Å². The minimum Gasteiger partial charge on any atom is -0.383 e. The molecule has 20 heavy (non-hydrogen) atoms.